The van der Waals surface area contributed by atoms with Crippen LogP contribution in [0.15, 0.2) is 54.7 Å². The Morgan fingerprint density at radius 3 is 2.60 bits per heavy atom. The van der Waals surface area contributed by atoms with Gasteiger partial charge < -0.3 is 4.98 Å². The van der Waals surface area contributed by atoms with Crippen LogP contribution in [-0.4, -0.2) is 4.98 Å². The van der Waals surface area contributed by atoms with Crippen LogP contribution in [-0.2, 0) is 0 Å². The minimum Gasteiger partial charge on any atom is -0.361 e. The normalized spacial score (nSPS) is 10.7. The van der Waals surface area contributed by atoms with Gasteiger partial charge in [0.2, 0.25) is 0 Å². The zero-order valence-corrected chi connectivity index (χ0v) is 8.20. The maximum atomic E-state index is 3.17. The molecular weight excluding hydrogens is 182 g/mol. The van der Waals surface area contributed by atoms with Crippen molar-refractivity contribution in [2.75, 3.05) is 0 Å². The lowest BCUT2D eigenvalue weighted by Crippen LogP contribution is -1.76. The third-order valence-electron chi connectivity index (χ3n) is 2.58. The lowest BCUT2D eigenvalue weighted by Gasteiger charge is -2.00. The average Bonchev–Trinajstić information content (AvgIpc) is 2.77. The van der Waals surface area contributed by atoms with Crippen molar-refractivity contribution >= 4 is 10.9 Å². The monoisotopic (exact) mass is 192 g/mol. The van der Waals surface area contributed by atoms with Crippen molar-refractivity contribution in [2.24, 2.45) is 0 Å². The smallest absolute Gasteiger partial charge is 0.0466 e. The Balaban J connectivity index is 2.19. The molecule has 1 aromatic heterocycles. The first-order valence-corrected chi connectivity index (χ1v) is 4.98. The highest BCUT2D eigenvalue weighted by molar-refractivity contribution is 5.84. The summed E-state index contributed by atoms with van der Waals surface area (Å²) in [4.78, 5) is 3.17. The maximum absolute atomic E-state index is 3.17. The van der Waals surface area contributed by atoms with Gasteiger partial charge in [-0.1, -0.05) is 42.5 Å². The number of benzene rings is 2. The summed E-state index contributed by atoms with van der Waals surface area (Å²) in [5, 5.41) is 1.13. The molecule has 0 fully saturated rings. The molecular formula is C14H10N. The summed E-state index contributed by atoms with van der Waals surface area (Å²) >= 11 is 0. The molecule has 1 N–H and O–H groups in total. The van der Waals surface area contributed by atoms with Crippen molar-refractivity contribution in [2.45, 2.75) is 0 Å². The standard InChI is InChI=1S/C14H10N/c1-2-4-11(5-3-1)13-7-6-12-8-9-15-14(12)10-13/h1-7,9-10,15H. The predicted molar refractivity (Wildman–Crippen MR) is 62.6 cm³/mol. The molecule has 0 spiro atoms. The Hall–Kier alpha value is -2.02. The zero-order valence-electron chi connectivity index (χ0n) is 8.20. The zero-order chi connectivity index (χ0) is 10.1. The third kappa shape index (κ3) is 1.42. The molecule has 0 saturated heterocycles. The maximum Gasteiger partial charge on any atom is 0.0466 e. The van der Waals surface area contributed by atoms with E-state index in [4.69, 9.17) is 0 Å². The van der Waals surface area contributed by atoms with Crippen molar-refractivity contribution in [1.29, 1.82) is 0 Å². The minimum absolute atomic E-state index is 1.13. The Kier molecular flexibility index (Phi) is 1.82. The number of H-pyrrole nitrogens is 1. The Bertz CT molecular complexity index is 578. The van der Waals surface area contributed by atoms with E-state index < -0.39 is 0 Å². The Labute approximate surface area is 88.4 Å². The number of nitrogens with one attached hydrogen (secondary N) is 1. The summed E-state index contributed by atoms with van der Waals surface area (Å²) in [5.41, 5.74) is 3.62. The van der Waals surface area contributed by atoms with E-state index in [2.05, 4.69) is 53.5 Å². The van der Waals surface area contributed by atoms with Gasteiger partial charge in [-0.15, -0.1) is 0 Å². The summed E-state index contributed by atoms with van der Waals surface area (Å²) < 4.78 is 0. The van der Waals surface area contributed by atoms with E-state index in [1.807, 2.05) is 12.3 Å². The number of aromatic amines is 1. The van der Waals surface area contributed by atoms with Crippen LogP contribution in [0, 0.1) is 6.07 Å². The second-order valence-corrected chi connectivity index (χ2v) is 3.56. The average molecular weight is 192 g/mol. The minimum atomic E-state index is 1.13. The molecule has 15 heavy (non-hydrogen) atoms. The van der Waals surface area contributed by atoms with Gasteiger partial charge in [-0.05, 0) is 17.2 Å². The molecule has 1 nitrogen and oxygen atoms in total. The first kappa shape index (κ1) is 8.30. The number of hydrogen-bond acceptors (Lipinski definition) is 0. The van der Waals surface area contributed by atoms with Gasteiger partial charge in [-0.25, -0.2) is 0 Å². The van der Waals surface area contributed by atoms with Crippen molar-refractivity contribution in [3.63, 3.8) is 0 Å². The fraction of sp³-hybridized carbons (Fsp3) is 0. The second kappa shape index (κ2) is 3.28. The van der Waals surface area contributed by atoms with Gasteiger partial charge in [0.05, 0.1) is 0 Å². The van der Waals surface area contributed by atoms with Gasteiger partial charge in [0.15, 0.2) is 0 Å². The molecule has 3 rings (SSSR count). The van der Waals surface area contributed by atoms with Crippen LogP contribution in [0.5, 0.6) is 0 Å². The van der Waals surface area contributed by atoms with Crippen molar-refractivity contribution in [3.05, 3.63) is 60.8 Å². The molecule has 0 atom stereocenters. The lowest BCUT2D eigenvalue weighted by molar-refractivity contribution is 1.47. The van der Waals surface area contributed by atoms with Crippen molar-refractivity contribution in [3.8, 4) is 11.1 Å². The van der Waals surface area contributed by atoms with Crippen LogP contribution in [0.4, 0.5) is 0 Å². The molecule has 1 radical (unpaired) electrons. The number of aromatic nitrogens is 1. The van der Waals surface area contributed by atoms with Gasteiger partial charge in [0.1, 0.15) is 0 Å². The molecule has 71 valence electrons. The van der Waals surface area contributed by atoms with E-state index in [-0.39, 0.29) is 0 Å². The molecule has 2 aromatic carbocycles. The number of rotatable bonds is 1. The van der Waals surface area contributed by atoms with E-state index >= 15 is 0 Å². The van der Waals surface area contributed by atoms with E-state index in [0.717, 1.165) is 10.9 Å². The van der Waals surface area contributed by atoms with Gasteiger partial charge in [0.25, 0.3) is 0 Å². The van der Waals surface area contributed by atoms with E-state index in [1.54, 1.807) is 0 Å². The molecule has 0 aliphatic carbocycles. The summed E-state index contributed by atoms with van der Waals surface area (Å²) in [5.74, 6) is 0. The van der Waals surface area contributed by atoms with Crippen LogP contribution in [0.2, 0.25) is 0 Å². The van der Waals surface area contributed by atoms with Crippen LogP contribution in [0.3, 0.4) is 0 Å². The topological polar surface area (TPSA) is 15.8 Å². The summed E-state index contributed by atoms with van der Waals surface area (Å²) in [7, 11) is 0. The van der Waals surface area contributed by atoms with Crippen LogP contribution in [0.1, 0.15) is 0 Å². The first-order valence-electron chi connectivity index (χ1n) is 4.98. The van der Waals surface area contributed by atoms with Crippen molar-refractivity contribution in [1.82, 2.24) is 4.98 Å². The Morgan fingerprint density at radius 2 is 1.73 bits per heavy atom. The molecule has 0 saturated carbocycles. The lowest BCUT2D eigenvalue weighted by atomic mass is 10.0. The Morgan fingerprint density at radius 1 is 0.867 bits per heavy atom. The predicted octanol–water partition coefficient (Wildman–Crippen LogP) is 3.64. The summed E-state index contributed by atoms with van der Waals surface area (Å²) in [6.45, 7) is 0. The van der Waals surface area contributed by atoms with Crippen LogP contribution in [0.25, 0.3) is 22.0 Å². The SMILES string of the molecule is [c]1c[nH]c2cc(-c3ccccc3)ccc12. The van der Waals surface area contributed by atoms with Crippen LogP contribution < -0.4 is 0 Å². The van der Waals surface area contributed by atoms with E-state index in [0.29, 0.717) is 0 Å². The van der Waals surface area contributed by atoms with Gasteiger partial charge in [-0.3, -0.25) is 0 Å². The van der Waals surface area contributed by atoms with Gasteiger partial charge in [0, 0.05) is 23.2 Å². The highest BCUT2D eigenvalue weighted by Gasteiger charge is 1.99. The number of fused-ring (bicyclic) bond motifs is 1. The van der Waals surface area contributed by atoms with E-state index in [1.165, 1.54) is 11.1 Å². The molecule has 0 amide bonds. The van der Waals surface area contributed by atoms with Crippen LogP contribution >= 0.6 is 0 Å². The molecule has 1 heteroatoms. The van der Waals surface area contributed by atoms with E-state index in [9.17, 15) is 0 Å². The fourth-order valence-electron chi connectivity index (χ4n) is 1.79. The molecule has 3 aromatic rings. The number of hydrogen-bond donors (Lipinski definition) is 1. The molecule has 0 bridgehead atoms. The first-order chi connectivity index (χ1) is 7.43. The third-order valence-corrected chi connectivity index (χ3v) is 2.58. The summed E-state index contributed by atoms with van der Waals surface area (Å²) in [6, 6.07) is 19.9. The van der Waals surface area contributed by atoms with Gasteiger partial charge in [-0.2, -0.15) is 0 Å². The molecule has 0 aliphatic rings. The molecule has 0 unspecified atom stereocenters. The highest BCUT2D eigenvalue weighted by atomic mass is 14.7. The molecule has 0 aliphatic heterocycles. The fourth-order valence-corrected chi connectivity index (χ4v) is 1.79. The summed E-state index contributed by atoms with van der Waals surface area (Å²) in [6.07, 6.45) is 1.85. The quantitative estimate of drug-likeness (QED) is 0.606. The largest absolute Gasteiger partial charge is 0.361 e. The molecule has 1 heterocycles. The van der Waals surface area contributed by atoms with Gasteiger partial charge >= 0.3 is 0 Å². The van der Waals surface area contributed by atoms with Crippen molar-refractivity contribution < 1.29 is 0 Å². The second-order valence-electron chi connectivity index (χ2n) is 3.56. The highest BCUT2D eigenvalue weighted by Crippen LogP contribution is 2.22.